The van der Waals surface area contributed by atoms with E-state index in [9.17, 15) is 4.79 Å². The fraction of sp³-hybridized carbons (Fsp3) is 0.333. The first-order chi connectivity index (χ1) is 12.1. The van der Waals surface area contributed by atoms with Gasteiger partial charge >= 0.3 is 0 Å². The van der Waals surface area contributed by atoms with Gasteiger partial charge in [-0.15, -0.1) is 0 Å². The second-order valence-corrected chi connectivity index (χ2v) is 6.59. The molecule has 0 spiro atoms. The van der Waals surface area contributed by atoms with Crippen LogP contribution in [0, 0.1) is 0 Å². The summed E-state index contributed by atoms with van der Waals surface area (Å²) < 4.78 is 5.31. The number of carbonyl (C=O) groups is 1. The molecule has 2 aromatic heterocycles. The van der Waals surface area contributed by atoms with Crippen molar-refractivity contribution in [1.29, 1.82) is 0 Å². The van der Waals surface area contributed by atoms with Gasteiger partial charge in [-0.05, 0) is 6.07 Å². The number of H-pyrrole nitrogens is 1. The highest BCUT2D eigenvalue weighted by Crippen LogP contribution is 2.28. The van der Waals surface area contributed by atoms with Crippen molar-refractivity contribution in [3.63, 3.8) is 0 Å². The number of carbonyl (C=O) groups excluding carboxylic acids is 1. The SMILES string of the molecule is CC(C)c1noc(C2CN(C(=O)c3cc(-c4ccccc4)n[nH]3)C2)n1. The highest BCUT2D eigenvalue weighted by Gasteiger charge is 2.36. The Balaban J connectivity index is 1.41. The Morgan fingerprint density at radius 3 is 2.72 bits per heavy atom. The third-order valence-corrected chi connectivity index (χ3v) is 4.37. The first kappa shape index (κ1) is 15.6. The van der Waals surface area contributed by atoms with Crippen molar-refractivity contribution in [2.75, 3.05) is 13.1 Å². The molecule has 0 saturated carbocycles. The lowest BCUT2D eigenvalue weighted by atomic mass is 9.99. The first-order valence-electron chi connectivity index (χ1n) is 8.35. The number of nitrogens with zero attached hydrogens (tertiary/aromatic N) is 4. The molecule has 0 unspecified atom stereocenters. The van der Waals surface area contributed by atoms with E-state index in [2.05, 4.69) is 20.3 Å². The molecule has 1 aromatic carbocycles. The lowest BCUT2D eigenvalue weighted by Gasteiger charge is -2.36. The minimum atomic E-state index is -0.0606. The summed E-state index contributed by atoms with van der Waals surface area (Å²) in [6, 6.07) is 11.6. The van der Waals surface area contributed by atoms with Crippen LogP contribution in [-0.2, 0) is 0 Å². The lowest BCUT2D eigenvalue weighted by Crippen LogP contribution is -2.48. The summed E-state index contributed by atoms with van der Waals surface area (Å²) >= 11 is 0. The zero-order chi connectivity index (χ0) is 17.4. The van der Waals surface area contributed by atoms with Crippen molar-refractivity contribution in [2.24, 2.45) is 0 Å². The molecular weight excluding hydrogens is 318 g/mol. The minimum absolute atomic E-state index is 0.0606. The van der Waals surface area contributed by atoms with Crippen molar-refractivity contribution < 1.29 is 9.32 Å². The second kappa shape index (κ2) is 6.16. The van der Waals surface area contributed by atoms with Gasteiger partial charge in [0.05, 0.1) is 11.6 Å². The molecule has 3 aromatic rings. The maximum absolute atomic E-state index is 12.5. The molecule has 0 bridgehead atoms. The summed E-state index contributed by atoms with van der Waals surface area (Å²) in [5, 5.41) is 11.0. The quantitative estimate of drug-likeness (QED) is 0.791. The molecule has 1 aliphatic heterocycles. The summed E-state index contributed by atoms with van der Waals surface area (Å²) in [6.45, 7) is 5.21. The lowest BCUT2D eigenvalue weighted by molar-refractivity contribution is 0.0563. The van der Waals surface area contributed by atoms with Gasteiger partial charge in [-0.2, -0.15) is 10.1 Å². The Labute approximate surface area is 145 Å². The van der Waals surface area contributed by atoms with Gasteiger partial charge in [-0.1, -0.05) is 49.3 Å². The van der Waals surface area contributed by atoms with Crippen LogP contribution in [0.2, 0.25) is 0 Å². The number of hydrogen-bond donors (Lipinski definition) is 1. The summed E-state index contributed by atoms with van der Waals surface area (Å²) in [4.78, 5) is 18.7. The molecule has 1 amide bonds. The normalized spacial score (nSPS) is 14.8. The molecular formula is C18H19N5O2. The Kier molecular flexibility index (Phi) is 3.83. The van der Waals surface area contributed by atoms with Crippen LogP contribution in [0.3, 0.4) is 0 Å². The van der Waals surface area contributed by atoms with Gasteiger partial charge in [0.15, 0.2) is 5.82 Å². The number of rotatable bonds is 4. The predicted molar refractivity (Wildman–Crippen MR) is 91.1 cm³/mol. The number of amides is 1. The molecule has 7 heteroatoms. The average Bonchev–Trinajstić information content (AvgIpc) is 3.24. The Bertz CT molecular complexity index is 878. The van der Waals surface area contributed by atoms with Crippen molar-refractivity contribution in [3.05, 3.63) is 53.8 Å². The Hall–Kier alpha value is -2.96. The Morgan fingerprint density at radius 2 is 2.04 bits per heavy atom. The summed E-state index contributed by atoms with van der Waals surface area (Å²) in [7, 11) is 0. The zero-order valence-electron chi connectivity index (χ0n) is 14.1. The molecule has 0 aliphatic carbocycles. The monoisotopic (exact) mass is 337 g/mol. The predicted octanol–water partition coefficient (Wildman–Crippen LogP) is 2.82. The van der Waals surface area contributed by atoms with Crippen molar-refractivity contribution in [2.45, 2.75) is 25.7 Å². The maximum Gasteiger partial charge on any atom is 0.271 e. The van der Waals surface area contributed by atoms with E-state index >= 15 is 0 Å². The summed E-state index contributed by atoms with van der Waals surface area (Å²) in [6.07, 6.45) is 0. The van der Waals surface area contributed by atoms with Crippen LogP contribution < -0.4 is 0 Å². The Morgan fingerprint density at radius 1 is 1.28 bits per heavy atom. The van der Waals surface area contributed by atoms with E-state index in [1.165, 1.54) is 0 Å². The third kappa shape index (κ3) is 2.93. The van der Waals surface area contributed by atoms with Crippen molar-refractivity contribution in [3.8, 4) is 11.3 Å². The van der Waals surface area contributed by atoms with Crippen LogP contribution in [0.4, 0.5) is 0 Å². The third-order valence-electron chi connectivity index (χ3n) is 4.37. The van der Waals surface area contributed by atoms with Gasteiger partial charge in [0, 0.05) is 24.6 Å². The minimum Gasteiger partial charge on any atom is -0.339 e. The molecule has 1 saturated heterocycles. The summed E-state index contributed by atoms with van der Waals surface area (Å²) in [5.74, 6) is 1.61. The molecule has 1 aliphatic rings. The van der Waals surface area contributed by atoms with Gasteiger partial charge in [-0.25, -0.2) is 0 Å². The standard InChI is InChI=1S/C18H19N5O2/c1-11(2)16-19-17(25-22-16)13-9-23(10-13)18(24)15-8-14(20-21-15)12-6-4-3-5-7-12/h3-8,11,13H,9-10H2,1-2H3,(H,20,21). The van der Waals surface area contributed by atoms with Gasteiger partial charge in [0.25, 0.3) is 5.91 Å². The van der Waals surface area contributed by atoms with Gasteiger partial charge in [-0.3, -0.25) is 9.89 Å². The van der Waals surface area contributed by atoms with E-state index in [1.807, 2.05) is 44.2 Å². The number of benzene rings is 1. The topological polar surface area (TPSA) is 87.9 Å². The van der Waals surface area contributed by atoms with Crippen LogP contribution in [0.1, 0.15) is 47.9 Å². The van der Waals surface area contributed by atoms with Crippen LogP contribution in [0.25, 0.3) is 11.3 Å². The van der Waals surface area contributed by atoms with E-state index < -0.39 is 0 Å². The number of nitrogens with one attached hydrogen (secondary N) is 1. The molecule has 4 rings (SSSR count). The first-order valence-corrected chi connectivity index (χ1v) is 8.35. The number of aromatic nitrogens is 4. The molecule has 128 valence electrons. The molecule has 7 nitrogen and oxygen atoms in total. The zero-order valence-corrected chi connectivity index (χ0v) is 14.1. The van der Waals surface area contributed by atoms with Crippen LogP contribution >= 0.6 is 0 Å². The van der Waals surface area contributed by atoms with Crippen molar-refractivity contribution >= 4 is 5.91 Å². The van der Waals surface area contributed by atoms with E-state index in [4.69, 9.17) is 4.52 Å². The maximum atomic E-state index is 12.5. The fourth-order valence-corrected chi connectivity index (χ4v) is 2.81. The number of aromatic amines is 1. The largest absolute Gasteiger partial charge is 0.339 e. The smallest absolute Gasteiger partial charge is 0.271 e. The highest BCUT2D eigenvalue weighted by atomic mass is 16.5. The van der Waals surface area contributed by atoms with E-state index in [0.717, 1.165) is 11.3 Å². The average molecular weight is 337 g/mol. The van der Waals surface area contributed by atoms with Crippen molar-refractivity contribution in [1.82, 2.24) is 25.2 Å². The highest BCUT2D eigenvalue weighted by molar-refractivity contribution is 5.94. The molecule has 0 radical (unpaired) electrons. The molecule has 0 atom stereocenters. The fourth-order valence-electron chi connectivity index (χ4n) is 2.81. The van der Waals surface area contributed by atoms with Gasteiger partial charge in [0.2, 0.25) is 5.89 Å². The molecule has 1 N–H and O–H groups in total. The number of hydrogen-bond acceptors (Lipinski definition) is 5. The number of likely N-dealkylation sites (tertiary alicyclic amines) is 1. The van der Waals surface area contributed by atoms with Crippen LogP contribution in [0.5, 0.6) is 0 Å². The van der Waals surface area contributed by atoms with Crippen LogP contribution in [0.15, 0.2) is 40.9 Å². The van der Waals surface area contributed by atoms with E-state index in [-0.39, 0.29) is 17.7 Å². The van der Waals surface area contributed by atoms with Crippen LogP contribution in [-0.4, -0.2) is 44.2 Å². The second-order valence-electron chi connectivity index (χ2n) is 6.59. The van der Waals surface area contributed by atoms with E-state index in [1.54, 1.807) is 11.0 Å². The van der Waals surface area contributed by atoms with Gasteiger partial charge < -0.3 is 9.42 Å². The van der Waals surface area contributed by atoms with E-state index in [0.29, 0.717) is 30.5 Å². The van der Waals surface area contributed by atoms with Gasteiger partial charge in [0.1, 0.15) is 5.69 Å². The molecule has 25 heavy (non-hydrogen) atoms. The molecule has 1 fully saturated rings. The molecule has 3 heterocycles. The summed E-state index contributed by atoms with van der Waals surface area (Å²) in [5.41, 5.74) is 2.23.